The summed E-state index contributed by atoms with van der Waals surface area (Å²) in [7, 11) is 0. The lowest BCUT2D eigenvalue weighted by Gasteiger charge is -2.33. The third-order valence-corrected chi connectivity index (χ3v) is 3.34. The van der Waals surface area contributed by atoms with Gasteiger partial charge in [0.2, 0.25) is 0 Å². The van der Waals surface area contributed by atoms with E-state index in [9.17, 15) is 4.79 Å². The van der Waals surface area contributed by atoms with Gasteiger partial charge >= 0.3 is 0 Å². The molecule has 5 N–H and O–H groups in total. The molecule has 0 amide bonds. The van der Waals surface area contributed by atoms with E-state index in [0.29, 0.717) is 12.1 Å². The van der Waals surface area contributed by atoms with Gasteiger partial charge in [-0.25, -0.2) is 0 Å². The number of H-pyrrole nitrogens is 2. The van der Waals surface area contributed by atoms with Crippen LogP contribution in [0, 0.1) is 0 Å². The van der Waals surface area contributed by atoms with Crippen molar-refractivity contribution in [3.63, 3.8) is 0 Å². The number of hydrogen-bond acceptors (Lipinski definition) is 3. The first-order valence-electron chi connectivity index (χ1n) is 6.11. The molecule has 0 aliphatic heterocycles. The monoisotopic (exact) mass is 244 g/mol. The minimum atomic E-state index is -0.115. The summed E-state index contributed by atoms with van der Waals surface area (Å²) in [5, 5.41) is 8.80. The van der Waals surface area contributed by atoms with Crippen LogP contribution in [-0.2, 0) is 0 Å². The highest BCUT2D eigenvalue weighted by Crippen LogP contribution is 2.24. The van der Waals surface area contributed by atoms with E-state index in [-0.39, 0.29) is 5.56 Å². The van der Waals surface area contributed by atoms with Crippen LogP contribution in [0.3, 0.4) is 0 Å². The number of nitrogens with one attached hydrogen (secondary N) is 3. The molecular formula is C13H16N4O. The second-order valence-corrected chi connectivity index (χ2v) is 4.82. The number of benzene rings is 1. The summed E-state index contributed by atoms with van der Waals surface area (Å²) < 4.78 is 0. The SMILES string of the molecule is NC1CC(Nc2ccc(-c3cc(=O)[nH][nH]3)cc2)C1. The highest BCUT2D eigenvalue weighted by Gasteiger charge is 2.25. The molecule has 1 heterocycles. The quantitative estimate of drug-likeness (QED) is 0.656. The molecule has 0 saturated heterocycles. The van der Waals surface area contributed by atoms with Crippen LogP contribution < -0.4 is 16.6 Å². The van der Waals surface area contributed by atoms with Crippen molar-refractivity contribution in [2.24, 2.45) is 5.73 Å². The zero-order chi connectivity index (χ0) is 12.5. The number of nitrogens with two attached hydrogens (primary N) is 1. The molecule has 0 bridgehead atoms. The number of hydrogen-bond donors (Lipinski definition) is 4. The first kappa shape index (κ1) is 11.1. The van der Waals surface area contributed by atoms with E-state index in [0.717, 1.165) is 29.8 Å². The van der Waals surface area contributed by atoms with Crippen LogP contribution in [-0.4, -0.2) is 22.3 Å². The molecule has 5 nitrogen and oxygen atoms in total. The molecule has 5 heteroatoms. The van der Waals surface area contributed by atoms with Gasteiger partial charge in [-0.3, -0.25) is 15.0 Å². The molecule has 3 rings (SSSR count). The van der Waals surface area contributed by atoms with E-state index in [4.69, 9.17) is 5.73 Å². The fraction of sp³-hybridized carbons (Fsp3) is 0.308. The molecule has 2 aromatic rings. The van der Waals surface area contributed by atoms with Crippen molar-refractivity contribution < 1.29 is 0 Å². The molecule has 1 aliphatic carbocycles. The van der Waals surface area contributed by atoms with Crippen molar-refractivity contribution in [3.05, 3.63) is 40.7 Å². The first-order chi connectivity index (χ1) is 8.70. The Morgan fingerprint density at radius 2 is 1.89 bits per heavy atom. The Labute approximate surface area is 104 Å². The van der Waals surface area contributed by atoms with Gasteiger partial charge in [-0.2, -0.15) is 0 Å². The maximum atomic E-state index is 11.0. The first-order valence-corrected chi connectivity index (χ1v) is 6.11. The molecule has 0 radical (unpaired) electrons. The summed E-state index contributed by atoms with van der Waals surface area (Å²) in [5.41, 5.74) is 8.52. The maximum absolute atomic E-state index is 11.0. The van der Waals surface area contributed by atoms with Crippen molar-refractivity contribution in [2.75, 3.05) is 5.32 Å². The predicted octanol–water partition coefficient (Wildman–Crippen LogP) is 1.27. The van der Waals surface area contributed by atoms with E-state index in [2.05, 4.69) is 15.5 Å². The van der Waals surface area contributed by atoms with Gasteiger partial charge in [0.15, 0.2) is 0 Å². The molecule has 1 fully saturated rings. The lowest BCUT2D eigenvalue weighted by atomic mass is 9.87. The van der Waals surface area contributed by atoms with Crippen LogP contribution >= 0.6 is 0 Å². The Hall–Kier alpha value is -2.01. The Balaban J connectivity index is 1.71. The molecule has 0 atom stereocenters. The van der Waals surface area contributed by atoms with Gasteiger partial charge in [-0.1, -0.05) is 12.1 Å². The minimum Gasteiger partial charge on any atom is -0.382 e. The smallest absolute Gasteiger partial charge is 0.264 e. The van der Waals surface area contributed by atoms with Gasteiger partial charge < -0.3 is 11.1 Å². The fourth-order valence-corrected chi connectivity index (χ4v) is 2.25. The van der Waals surface area contributed by atoms with Gasteiger partial charge in [0.05, 0.1) is 5.69 Å². The summed E-state index contributed by atoms with van der Waals surface area (Å²) in [6, 6.07) is 10.4. The third kappa shape index (κ3) is 2.17. The van der Waals surface area contributed by atoms with Crippen LogP contribution in [0.25, 0.3) is 11.3 Å². The van der Waals surface area contributed by atoms with Crippen molar-refractivity contribution in [2.45, 2.75) is 24.9 Å². The number of rotatable bonds is 3. The molecule has 1 saturated carbocycles. The summed E-state index contributed by atoms with van der Waals surface area (Å²) >= 11 is 0. The summed E-state index contributed by atoms with van der Waals surface area (Å²) in [4.78, 5) is 11.0. The fourth-order valence-electron chi connectivity index (χ4n) is 2.25. The molecule has 18 heavy (non-hydrogen) atoms. The van der Waals surface area contributed by atoms with Crippen molar-refractivity contribution in [3.8, 4) is 11.3 Å². The highest BCUT2D eigenvalue weighted by molar-refractivity contribution is 5.62. The Morgan fingerprint density at radius 1 is 1.17 bits per heavy atom. The Morgan fingerprint density at radius 3 is 2.44 bits per heavy atom. The van der Waals surface area contributed by atoms with Gasteiger partial charge in [-0.15, -0.1) is 0 Å². The van der Waals surface area contributed by atoms with Crippen LogP contribution in [0.2, 0.25) is 0 Å². The van der Waals surface area contributed by atoms with Crippen molar-refractivity contribution in [1.82, 2.24) is 10.2 Å². The van der Waals surface area contributed by atoms with Crippen LogP contribution in [0.4, 0.5) is 5.69 Å². The normalized spacial score (nSPS) is 22.5. The van der Waals surface area contributed by atoms with E-state index >= 15 is 0 Å². The molecule has 0 unspecified atom stereocenters. The van der Waals surface area contributed by atoms with Crippen LogP contribution in [0.5, 0.6) is 0 Å². The Kier molecular flexibility index (Phi) is 2.68. The summed E-state index contributed by atoms with van der Waals surface area (Å²) in [6.07, 6.45) is 2.07. The molecule has 1 aromatic carbocycles. The third-order valence-electron chi connectivity index (χ3n) is 3.34. The maximum Gasteiger partial charge on any atom is 0.264 e. The van der Waals surface area contributed by atoms with E-state index in [1.807, 2.05) is 24.3 Å². The molecule has 1 aliphatic rings. The van der Waals surface area contributed by atoms with Crippen molar-refractivity contribution in [1.29, 1.82) is 0 Å². The van der Waals surface area contributed by atoms with E-state index in [1.165, 1.54) is 0 Å². The lowest BCUT2D eigenvalue weighted by molar-refractivity contribution is 0.374. The molecule has 1 aromatic heterocycles. The predicted molar refractivity (Wildman–Crippen MR) is 71.5 cm³/mol. The summed E-state index contributed by atoms with van der Waals surface area (Å²) in [5.74, 6) is 0. The second-order valence-electron chi connectivity index (χ2n) is 4.82. The molecule has 0 spiro atoms. The lowest BCUT2D eigenvalue weighted by Crippen LogP contribution is -2.44. The largest absolute Gasteiger partial charge is 0.382 e. The van der Waals surface area contributed by atoms with Crippen molar-refractivity contribution >= 4 is 5.69 Å². The van der Waals surface area contributed by atoms with E-state index in [1.54, 1.807) is 6.07 Å². The van der Waals surface area contributed by atoms with Gasteiger partial charge in [0.25, 0.3) is 5.56 Å². The number of aromatic nitrogens is 2. The minimum absolute atomic E-state index is 0.115. The number of anilines is 1. The molecule has 94 valence electrons. The molecular weight excluding hydrogens is 228 g/mol. The van der Waals surface area contributed by atoms with Gasteiger partial charge in [0.1, 0.15) is 0 Å². The zero-order valence-corrected chi connectivity index (χ0v) is 9.94. The average Bonchev–Trinajstić information content (AvgIpc) is 2.75. The number of aromatic amines is 2. The topological polar surface area (TPSA) is 86.7 Å². The van der Waals surface area contributed by atoms with Crippen LogP contribution in [0.15, 0.2) is 35.1 Å². The van der Waals surface area contributed by atoms with Gasteiger partial charge in [0, 0.05) is 23.8 Å². The highest BCUT2D eigenvalue weighted by atomic mass is 16.1. The zero-order valence-electron chi connectivity index (χ0n) is 9.94. The summed E-state index contributed by atoms with van der Waals surface area (Å²) in [6.45, 7) is 0. The Bertz CT molecular complexity index is 578. The second kappa shape index (κ2) is 4.34. The standard InChI is InChI=1S/C13H16N4O/c14-9-5-11(6-9)15-10-3-1-8(2-4-10)12-7-13(18)17-16-12/h1-4,7,9,11,15H,5-6,14H2,(H2,16,17,18). The van der Waals surface area contributed by atoms with E-state index < -0.39 is 0 Å². The van der Waals surface area contributed by atoms with Crippen LogP contribution in [0.1, 0.15) is 12.8 Å². The van der Waals surface area contributed by atoms with Gasteiger partial charge in [-0.05, 0) is 30.5 Å². The average molecular weight is 244 g/mol.